The molecule has 1 fully saturated rings. The van der Waals surface area contributed by atoms with E-state index in [1.54, 1.807) is 0 Å². The van der Waals surface area contributed by atoms with Gasteiger partial charge in [0.25, 0.3) is 0 Å². The molecule has 0 bridgehead atoms. The lowest BCUT2D eigenvalue weighted by Crippen LogP contribution is -2.60. The minimum absolute atomic E-state index is 0.785. The molecular formula is C8H14O7. The van der Waals surface area contributed by atoms with Gasteiger partial charge in [-0.1, -0.05) is 0 Å². The summed E-state index contributed by atoms with van der Waals surface area (Å²) in [6, 6.07) is 0. The summed E-state index contributed by atoms with van der Waals surface area (Å²) in [5, 5.41) is 27.9. The van der Waals surface area contributed by atoms with Crippen LogP contribution in [0.1, 0.15) is 0 Å². The highest BCUT2D eigenvalue weighted by Gasteiger charge is 2.47. The molecule has 0 amide bonds. The van der Waals surface area contributed by atoms with E-state index in [1.165, 1.54) is 7.11 Å². The first-order valence-corrected chi connectivity index (χ1v) is 4.33. The second kappa shape index (κ2) is 4.86. The van der Waals surface area contributed by atoms with Gasteiger partial charge in [0.05, 0.1) is 7.11 Å². The molecule has 0 aromatic heterocycles. The van der Waals surface area contributed by atoms with E-state index in [1.807, 2.05) is 0 Å². The molecule has 88 valence electrons. The summed E-state index contributed by atoms with van der Waals surface area (Å²) in [6.07, 6.45) is -6.90. The number of hydrogen-bond acceptors (Lipinski definition) is 7. The average molecular weight is 222 g/mol. The SMILES string of the molecule is COC(=O)[C@H]1O[C@H](O)[C@H](O)[C@@H](O)[C@@H]1OC. The molecule has 15 heavy (non-hydrogen) atoms. The largest absolute Gasteiger partial charge is 0.467 e. The van der Waals surface area contributed by atoms with Gasteiger partial charge in [-0.05, 0) is 0 Å². The zero-order valence-electron chi connectivity index (χ0n) is 8.36. The Morgan fingerprint density at radius 1 is 1.20 bits per heavy atom. The molecule has 7 nitrogen and oxygen atoms in total. The first-order valence-electron chi connectivity index (χ1n) is 4.33. The molecule has 3 N–H and O–H groups in total. The molecular weight excluding hydrogens is 208 g/mol. The number of aliphatic hydroxyl groups excluding tert-OH is 3. The fourth-order valence-electron chi connectivity index (χ4n) is 1.42. The maximum atomic E-state index is 11.2. The second-order valence-electron chi connectivity index (χ2n) is 3.15. The molecule has 1 heterocycles. The summed E-state index contributed by atoms with van der Waals surface area (Å²) in [5.41, 5.74) is 0. The molecule has 0 aliphatic carbocycles. The van der Waals surface area contributed by atoms with Crippen molar-refractivity contribution in [2.75, 3.05) is 14.2 Å². The van der Waals surface area contributed by atoms with Crippen molar-refractivity contribution in [3.63, 3.8) is 0 Å². The normalized spacial score (nSPS) is 41.3. The Hall–Kier alpha value is -0.730. The zero-order valence-corrected chi connectivity index (χ0v) is 8.36. The lowest BCUT2D eigenvalue weighted by molar-refractivity contribution is -0.284. The third-order valence-electron chi connectivity index (χ3n) is 2.27. The third kappa shape index (κ3) is 2.27. The molecule has 0 aromatic rings. The van der Waals surface area contributed by atoms with Gasteiger partial charge < -0.3 is 29.5 Å². The zero-order chi connectivity index (χ0) is 11.6. The standard InChI is InChI=1S/C8H14O7/c1-13-5-3(9)4(10)7(11)15-6(5)8(12)14-2/h3-7,9-11H,1-2H3/t3-,4-,5+,6+,7+/m1/s1. The minimum atomic E-state index is -1.64. The predicted octanol–water partition coefficient (Wildman–Crippen LogP) is -2.39. The van der Waals surface area contributed by atoms with E-state index in [9.17, 15) is 20.1 Å². The van der Waals surface area contributed by atoms with Crippen LogP contribution in [-0.2, 0) is 19.0 Å². The summed E-state index contributed by atoms with van der Waals surface area (Å²) in [5.74, 6) is -0.785. The minimum Gasteiger partial charge on any atom is -0.467 e. The van der Waals surface area contributed by atoms with Crippen LogP contribution in [0.3, 0.4) is 0 Å². The molecule has 0 aromatic carbocycles. The third-order valence-corrected chi connectivity index (χ3v) is 2.27. The molecule has 0 spiro atoms. The van der Waals surface area contributed by atoms with Crippen LogP contribution < -0.4 is 0 Å². The number of aliphatic hydroxyl groups is 3. The van der Waals surface area contributed by atoms with E-state index in [0.29, 0.717) is 0 Å². The molecule has 0 saturated carbocycles. The lowest BCUT2D eigenvalue weighted by atomic mass is 9.99. The van der Waals surface area contributed by atoms with Crippen LogP contribution in [0.25, 0.3) is 0 Å². The van der Waals surface area contributed by atoms with E-state index in [-0.39, 0.29) is 0 Å². The summed E-state index contributed by atoms with van der Waals surface area (Å²) in [4.78, 5) is 11.2. The highest BCUT2D eigenvalue weighted by atomic mass is 16.7. The molecule has 1 aliphatic heterocycles. The van der Waals surface area contributed by atoms with Crippen LogP contribution in [0.15, 0.2) is 0 Å². The van der Waals surface area contributed by atoms with Crippen LogP contribution >= 0.6 is 0 Å². The number of carbonyl (C=O) groups is 1. The van der Waals surface area contributed by atoms with Crippen LogP contribution in [0, 0.1) is 0 Å². The summed E-state index contributed by atoms with van der Waals surface area (Å²) >= 11 is 0. The van der Waals surface area contributed by atoms with Gasteiger partial charge in [-0.15, -0.1) is 0 Å². The van der Waals surface area contributed by atoms with E-state index >= 15 is 0 Å². The van der Waals surface area contributed by atoms with Crippen LogP contribution in [0.4, 0.5) is 0 Å². The van der Waals surface area contributed by atoms with E-state index in [0.717, 1.165) is 7.11 Å². The number of ether oxygens (including phenoxy) is 3. The summed E-state index contributed by atoms with van der Waals surface area (Å²) < 4.78 is 14.0. The van der Waals surface area contributed by atoms with Crippen molar-refractivity contribution in [1.82, 2.24) is 0 Å². The molecule has 7 heteroatoms. The number of hydrogen-bond donors (Lipinski definition) is 3. The van der Waals surface area contributed by atoms with E-state index in [2.05, 4.69) is 4.74 Å². The molecule has 0 unspecified atom stereocenters. The Bertz CT molecular complexity index is 231. The first-order chi connectivity index (χ1) is 7.02. The monoisotopic (exact) mass is 222 g/mol. The Morgan fingerprint density at radius 2 is 1.80 bits per heavy atom. The average Bonchev–Trinajstić information content (AvgIpc) is 2.24. The highest BCUT2D eigenvalue weighted by Crippen LogP contribution is 2.22. The van der Waals surface area contributed by atoms with Crippen LogP contribution in [-0.4, -0.2) is 66.2 Å². The Labute approximate surface area is 86.2 Å². The summed E-state index contributed by atoms with van der Waals surface area (Å²) in [6.45, 7) is 0. The van der Waals surface area contributed by atoms with Crippen molar-refractivity contribution >= 4 is 5.97 Å². The number of esters is 1. The number of methoxy groups -OCH3 is 2. The molecule has 0 radical (unpaired) electrons. The highest BCUT2D eigenvalue weighted by molar-refractivity contribution is 5.75. The van der Waals surface area contributed by atoms with Crippen molar-refractivity contribution in [2.24, 2.45) is 0 Å². The Balaban J connectivity index is 2.82. The summed E-state index contributed by atoms with van der Waals surface area (Å²) in [7, 11) is 2.39. The molecule has 1 rings (SSSR count). The Kier molecular flexibility index (Phi) is 4.00. The van der Waals surface area contributed by atoms with Crippen molar-refractivity contribution in [3.8, 4) is 0 Å². The van der Waals surface area contributed by atoms with Gasteiger partial charge in [0.1, 0.15) is 18.3 Å². The molecule has 5 atom stereocenters. The van der Waals surface area contributed by atoms with Crippen molar-refractivity contribution in [2.45, 2.75) is 30.7 Å². The van der Waals surface area contributed by atoms with Gasteiger partial charge >= 0.3 is 5.97 Å². The van der Waals surface area contributed by atoms with E-state index in [4.69, 9.17) is 9.47 Å². The number of rotatable bonds is 2. The van der Waals surface area contributed by atoms with E-state index < -0.39 is 36.7 Å². The smallest absolute Gasteiger partial charge is 0.337 e. The van der Waals surface area contributed by atoms with Crippen LogP contribution in [0.2, 0.25) is 0 Å². The van der Waals surface area contributed by atoms with Crippen molar-refractivity contribution < 1.29 is 34.3 Å². The first kappa shape index (κ1) is 12.3. The fourth-order valence-corrected chi connectivity index (χ4v) is 1.42. The topological polar surface area (TPSA) is 105 Å². The van der Waals surface area contributed by atoms with Gasteiger partial charge in [0.15, 0.2) is 12.4 Å². The lowest BCUT2D eigenvalue weighted by Gasteiger charge is -2.38. The van der Waals surface area contributed by atoms with Gasteiger partial charge in [0.2, 0.25) is 0 Å². The van der Waals surface area contributed by atoms with Crippen LogP contribution in [0.5, 0.6) is 0 Å². The predicted molar refractivity (Wildman–Crippen MR) is 45.7 cm³/mol. The number of carbonyl (C=O) groups excluding carboxylic acids is 1. The van der Waals surface area contributed by atoms with Gasteiger partial charge in [-0.3, -0.25) is 0 Å². The quantitative estimate of drug-likeness (QED) is 0.448. The Morgan fingerprint density at radius 3 is 2.27 bits per heavy atom. The fraction of sp³-hybridized carbons (Fsp3) is 0.875. The van der Waals surface area contributed by atoms with Gasteiger partial charge in [0, 0.05) is 7.11 Å². The maximum Gasteiger partial charge on any atom is 0.337 e. The van der Waals surface area contributed by atoms with Gasteiger partial charge in [-0.2, -0.15) is 0 Å². The van der Waals surface area contributed by atoms with Crippen molar-refractivity contribution in [1.29, 1.82) is 0 Å². The van der Waals surface area contributed by atoms with Crippen molar-refractivity contribution in [3.05, 3.63) is 0 Å². The second-order valence-corrected chi connectivity index (χ2v) is 3.15. The van der Waals surface area contributed by atoms with Gasteiger partial charge in [-0.25, -0.2) is 4.79 Å². The molecule has 1 saturated heterocycles. The molecule has 1 aliphatic rings. The maximum absolute atomic E-state index is 11.2.